The normalized spacial score (nSPS) is 25.0. The molecule has 0 radical (unpaired) electrons. The van der Waals surface area contributed by atoms with Crippen molar-refractivity contribution in [3.8, 4) is 0 Å². The third-order valence-corrected chi connectivity index (χ3v) is 7.70. The van der Waals surface area contributed by atoms with E-state index in [0.717, 1.165) is 12.0 Å². The molecule has 1 fully saturated rings. The van der Waals surface area contributed by atoms with Gasteiger partial charge in [0.1, 0.15) is 12.6 Å². The van der Waals surface area contributed by atoms with Gasteiger partial charge in [0.2, 0.25) is 11.8 Å². The van der Waals surface area contributed by atoms with Gasteiger partial charge < -0.3 is 24.2 Å². The van der Waals surface area contributed by atoms with Gasteiger partial charge in [-0.25, -0.2) is 0 Å². The first-order valence-corrected chi connectivity index (χ1v) is 12.1. The Hall–Kier alpha value is -3.23. The molecule has 1 aromatic heterocycles. The van der Waals surface area contributed by atoms with E-state index in [9.17, 15) is 19.5 Å². The molecule has 0 aliphatic carbocycles. The summed E-state index contributed by atoms with van der Waals surface area (Å²) in [6, 6.07) is 10.4. The minimum Gasteiger partial charge on any atom is -0.396 e. The lowest BCUT2D eigenvalue weighted by atomic mass is 9.87. The second kappa shape index (κ2) is 9.43. The van der Waals surface area contributed by atoms with Gasteiger partial charge in [0.05, 0.1) is 6.04 Å². The molecule has 2 aromatic rings. The SMILES string of the molecule is C/C=C\c1ccc2n(c1=O)C[C@H]1[C@H](CO)[C@@H](C(=O)N3CCc4ccccc4C3)N(C(=O)COC)[C@@H]21. The summed E-state index contributed by atoms with van der Waals surface area (Å²) in [5, 5.41) is 10.5. The molecule has 0 bridgehead atoms. The first-order valence-electron chi connectivity index (χ1n) is 12.1. The number of allylic oxidation sites excluding steroid dienone is 1. The van der Waals surface area contributed by atoms with E-state index >= 15 is 0 Å². The number of carbonyl (C=O) groups excluding carboxylic acids is 2. The summed E-state index contributed by atoms with van der Waals surface area (Å²) in [6.45, 7) is 2.84. The molecule has 3 aliphatic heterocycles. The van der Waals surface area contributed by atoms with Crippen molar-refractivity contribution in [3.63, 3.8) is 0 Å². The molecular weight excluding hydrogens is 446 g/mol. The molecular formula is C27H31N3O5. The van der Waals surface area contributed by atoms with Crippen LogP contribution in [0.2, 0.25) is 0 Å². The second-order valence-corrected chi connectivity index (χ2v) is 9.54. The maximum atomic E-state index is 14.0. The van der Waals surface area contributed by atoms with E-state index in [1.54, 1.807) is 26.5 Å². The summed E-state index contributed by atoms with van der Waals surface area (Å²) >= 11 is 0. The zero-order chi connectivity index (χ0) is 24.7. The van der Waals surface area contributed by atoms with Crippen LogP contribution in [-0.2, 0) is 33.8 Å². The van der Waals surface area contributed by atoms with E-state index in [-0.39, 0.29) is 36.5 Å². The highest BCUT2D eigenvalue weighted by Crippen LogP contribution is 2.49. The van der Waals surface area contributed by atoms with Crippen molar-refractivity contribution in [1.82, 2.24) is 14.4 Å². The number of likely N-dealkylation sites (tertiary alicyclic amines) is 1. The molecule has 8 heteroatoms. The van der Waals surface area contributed by atoms with E-state index in [2.05, 4.69) is 6.07 Å². The number of hydrogen-bond acceptors (Lipinski definition) is 5. The van der Waals surface area contributed by atoms with Crippen molar-refractivity contribution in [1.29, 1.82) is 0 Å². The Morgan fingerprint density at radius 3 is 2.66 bits per heavy atom. The van der Waals surface area contributed by atoms with Gasteiger partial charge in [-0.05, 0) is 36.6 Å². The summed E-state index contributed by atoms with van der Waals surface area (Å²) in [4.78, 5) is 43.8. The van der Waals surface area contributed by atoms with Gasteiger partial charge >= 0.3 is 0 Å². The number of rotatable bonds is 5. The van der Waals surface area contributed by atoms with Crippen molar-refractivity contribution in [2.45, 2.75) is 38.5 Å². The molecule has 5 rings (SSSR count). The van der Waals surface area contributed by atoms with Gasteiger partial charge in [-0.15, -0.1) is 0 Å². The third-order valence-electron chi connectivity index (χ3n) is 7.70. The molecule has 2 amide bonds. The summed E-state index contributed by atoms with van der Waals surface area (Å²) in [7, 11) is 1.45. The molecule has 0 unspecified atom stereocenters. The fourth-order valence-electron chi connectivity index (χ4n) is 6.14. The zero-order valence-electron chi connectivity index (χ0n) is 20.1. The van der Waals surface area contributed by atoms with Gasteiger partial charge in [0.15, 0.2) is 0 Å². The van der Waals surface area contributed by atoms with Crippen LogP contribution in [0.4, 0.5) is 0 Å². The van der Waals surface area contributed by atoms with E-state index in [1.165, 1.54) is 12.7 Å². The minimum absolute atomic E-state index is 0.124. The van der Waals surface area contributed by atoms with E-state index in [1.807, 2.05) is 37.3 Å². The van der Waals surface area contributed by atoms with Gasteiger partial charge in [-0.2, -0.15) is 0 Å². The number of pyridine rings is 1. The lowest BCUT2D eigenvalue weighted by Crippen LogP contribution is -2.53. The lowest BCUT2D eigenvalue weighted by Gasteiger charge is -2.36. The maximum Gasteiger partial charge on any atom is 0.258 e. The monoisotopic (exact) mass is 477 g/mol. The summed E-state index contributed by atoms with van der Waals surface area (Å²) in [5.74, 6) is -1.18. The average Bonchev–Trinajstić information content (AvgIpc) is 3.40. The number of benzene rings is 1. The van der Waals surface area contributed by atoms with Crippen LogP contribution in [0.15, 0.2) is 47.3 Å². The number of aromatic nitrogens is 1. The zero-order valence-corrected chi connectivity index (χ0v) is 20.1. The van der Waals surface area contributed by atoms with Crippen LogP contribution in [0.1, 0.15) is 35.3 Å². The Morgan fingerprint density at radius 1 is 1.17 bits per heavy atom. The number of ether oxygens (including phenoxy) is 1. The van der Waals surface area contributed by atoms with Gasteiger partial charge in [-0.1, -0.05) is 36.4 Å². The molecule has 1 N–H and O–H groups in total. The number of amides is 2. The molecule has 1 aromatic carbocycles. The predicted molar refractivity (Wildman–Crippen MR) is 130 cm³/mol. The number of aliphatic hydroxyl groups excluding tert-OH is 1. The first kappa shape index (κ1) is 23.5. The number of hydrogen-bond donors (Lipinski definition) is 1. The van der Waals surface area contributed by atoms with Crippen LogP contribution >= 0.6 is 0 Å². The topological polar surface area (TPSA) is 92.1 Å². The largest absolute Gasteiger partial charge is 0.396 e. The van der Waals surface area contributed by atoms with Crippen LogP contribution in [0.25, 0.3) is 6.08 Å². The fraction of sp³-hybridized carbons (Fsp3) is 0.444. The highest BCUT2D eigenvalue weighted by atomic mass is 16.5. The van der Waals surface area contributed by atoms with Gasteiger partial charge in [-0.3, -0.25) is 14.4 Å². The third kappa shape index (κ3) is 3.81. The molecule has 4 heterocycles. The molecule has 184 valence electrons. The summed E-state index contributed by atoms with van der Waals surface area (Å²) in [6.07, 6.45) is 4.33. The van der Waals surface area contributed by atoms with Crippen molar-refractivity contribution in [2.75, 3.05) is 26.9 Å². The Kier molecular flexibility index (Phi) is 6.34. The highest BCUT2D eigenvalue weighted by molar-refractivity contribution is 5.90. The van der Waals surface area contributed by atoms with E-state index in [4.69, 9.17) is 4.74 Å². The number of fused-ring (bicyclic) bond motifs is 4. The molecule has 8 nitrogen and oxygen atoms in total. The number of aliphatic hydroxyl groups is 1. The maximum absolute atomic E-state index is 14.0. The molecule has 4 atom stereocenters. The number of methoxy groups -OCH3 is 1. The van der Waals surface area contributed by atoms with E-state index in [0.29, 0.717) is 30.9 Å². The van der Waals surface area contributed by atoms with Crippen molar-refractivity contribution in [3.05, 3.63) is 75.2 Å². The quantitative estimate of drug-likeness (QED) is 0.707. The summed E-state index contributed by atoms with van der Waals surface area (Å²) in [5.41, 5.74) is 3.49. The summed E-state index contributed by atoms with van der Waals surface area (Å²) < 4.78 is 6.85. The molecule has 0 spiro atoms. The average molecular weight is 478 g/mol. The van der Waals surface area contributed by atoms with E-state index < -0.39 is 18.0 Å². The standard InChI is InChI=1S/C27H31N3O5/c1-3-6-18-9-10-22-24-20(14-29(22)26(18)33)21(15-31)25(30(24)23(32)16-35-2)27(34)28-12-11-17-7-4-5-8-19(17)13-28/h3-10,20-21,24-25,31H,11-16H2,1-2H3/b6-3-/t20-,21-,24+,25-/m0/s1. The van der Waals surface area contributed by atoms with Crippen LogP contribution in [-0.4, -0.2) is 64.2 Å². The van der Waals surface area contributed by atoms with Crippen LogP contribution in [0.5, 0.6) is 0 Å². The predicted octanol–water partition coefficient (Wildman–Crippen LogP) is 1.60. The van der Waals surface area contributed by atoms with Gasteiger partial charge in [0.25, 0.3) is 5.56 Å². The first-order chi connectivity index (χ1) is 17.0. The van der Waals surface area contributed by atoms with Crippen molar-refractivity contribution < 1.29 is 19.4 Å². The molecule has 1 saturated heterocycles. The molecule has 0 saturated carbocycles. The fourth-order valence-corrected chi connectivity index (χ4v) is 6.14. The smallest absolute Gasteiger partial charge is 0.258 e. The number of nitrogens with zero attached hydrogens (tertiary/aromatic N) is 3. The Balaban J connectivity index is 1.54. The van der Waals surface area contributed by atoms with Crippen LogP contribution in [0.3, 0.4) is 0 Å². The highest BCUT2D eigenvalue weighted by Gasteiger charge is 2.58. The molecule has 3 aliphatic rings. The molecule has 35 heavy (non-hydrogen) atoms. The Labute approximate surface area is 204 Å². The Morgan fingerprint density at radius 2 is 1.94 bits per heavy atom. The van der Waals surface area contributed by atoms with Crippen LogP contribution < -0.4 is 5.56 Å². The van der Waals surface area contributed by atoms with Crippen molar-refractivity contribution >= 4 is 17.9 Å². The van der Waals surface area contributed by atoms with Gasteiger partial charge in [0, 0.05) is 56.4 Å². The second-order valence-electron chi connectivity index (χ2n) is 9.54. The minimum atomic E-state index is -0.804. The lowest BCUT2D eigenvalue weighted by molar-refractivity contribution is -0.149. The number of carbonyl (C=O) groups is 2. The Bertz CT molecular complexity index is 1240. The van der Waals surface area contributed by atoms with Crippen LogP contribution in [0, 0.1) is 11.8 Å². The van der Waals surface area contributed by atoms with Crippen molar-refractivity contribution in [2.24, 2.45) is 11.8 Å².